The number of rotatable bonds is 9. The summed E-state index contributed by atoms with van der Waals surface area (Å²) in [5.41, 5.74) is 13.1. The average molecular weight is 1070 g/mol. The van der Waals surface area contributed by atoms with Gasteiger partial charge in [0.05, 0.1) is 0 Å². The summed E-state index contributed by atoms with van der Waals surface area (Å²) < 4.78 is 9.01. The molecule has 7 aromatic carbocycles. The first-order chi connectivity index (χ1) is 32.0. The Balaban J connectivity index is 0.00000578. The second kappa shape index (κ2) is 17.6. The molecule has 0 saturated carbocycles. The quantitative estimate of drug-likeness (QED) is 0.135. The minimum Gasteiger partial charge on any atom is -0.509 e. The number of fused-ring (bicyclic) bond motifs is 4. The zero-order valence-corrected chi connectivity index (χ0v) is 43.0. The predicted molar refractivity (Wildman–Crippen MR) is 279 cm³/mol. The second-order valence-corrected chi connectivity index (χ2v) is 21.1. The van der Waals surface area contributed by atoms with E-state index in [9.17, 15) is 0 Å². The van der Waals surface area contributed by atoms with Gasteiger partial charge in [-0.05, 0) is 92.1 Å². The maximum Gasteiger partial charge on any atom is 0.135 e. The third-order valence-electron chi connectivity index (χ3n) is 13.9. The van der Waals surface area contributed by atoms with Gasteiger partial charge < -0.3 is 19.1 Å². The molecule has 3 heterocycles. The van der Waals surface area contributed by atoms with E-state index in [-0.39, 0.29) is 42.7 Å². The number of benzene rings is 7. The van der Waals surface area contributed by atoms with Crippen LogP contribution in [0.25, 0.3) is 27.6 Å². The Morgan fingerprint density at radius 3 is 1.74 bits per heavy atom. The molecule has 346 valence electrons. The minimum absolute atomic E-state index is 0. The van der Waals surface area contributed by atoms with Gasteiger partial charge in [0.15, 0.2) is 0 Å². The van der Waals surface area contributed by atoms with Gasteiger partial charge in [0, 0.05) is 72.2 Å². The number of nitrogens with zero attached hydrogens (tertiary/aromatic N) is 4. The van der Waals surface area contributed by atoms with Gasteiger partial charge in [0.2, 0.25) is 0 Å². The summed E-state index contributed by atoms with van der Waals surface area (Å²) in [6.45, 7) is 24.9. The van der Waals surface area contributed by atoms with Gasteiger partial charge in [-0.25, -0.2) is 4.98 Å². The maximum atomic E-state index is 6.75. The Hall–Kier alpha value is -6.42. The first-order valence-electron chi connectivity index (χ1n) is 23.4. The number of aromatic nitrogens is 2. The van der Waals surface area contributed by atoms with Gasteiger partial charge in [-0.3, -0.25) is 0 Å². The molecule has 5 nitrogen and oxygen atoms in total. The van der Waals surface area contributed by atoms with E-state index in [1.165, 1.54) is 33.4 Å². The van der Waals surface area contributed by atoms with Crippen molar-refractivity contribution in [1.29, 1.82) is 0 Å². The van der Waals surface area contributed by atoms with Crippen LogP contribution in [0.1, 0.15) is 103 Å². The largest absolute Gasteiger partial charge is 0.509 e. The minimum atomic E-state index is -0.224. The molecule has 0 spiro atoms. The van der Waals surface area contributed by atoms with Crippen LogP contribution in [0.4, 0.5) is 22.7 Å². The fourth-order valence-corrected chi connectivity index (χ4v) is 9.48. The molecule has 0 aliphatic carbocycles. The van der Waals surface area contributed by atoms with Crippen molar-refractivity contribution in [3.05, 3.63) is 222 Å². The molecule has 0 unspecified atom stereocenters. The average Bonchev–Trinajstić information content (AvgIpc) is 3.87. The Morgan fingerprint density at radius 2 is 1.06 bits per heavy atom. The summed E-state index contributed by atoms with van der Waals surface area (Å²) in [6, 6.07) is 66.1. The summed E-state index contributed by atoms with van der Waals surface area (Å²) in [4.78, 5) is 9.53. The van der Waals surface area contributed by atoms with Crippen LogP contribution in [0.2, 0.25) is 0 Å². The molecule has 6 heteroatoms. The third kappa shape index (κ3) is 8.56. The first kappa shape index (κ1) is 46.7. The SMILES string of the molecule is CC(C)(C)c1cccc(N2[CH-]N(c3[c-]c(Oc4[c-]c5c(cc4)c4ccc(C(C)(C)c6ccccc6)cc4n5-c4cc(C(C)(C)C)ccn4)ccc3)c3ccc(C(C)(C)c4ccccc4)cc32)c1.[Pt]. The van der Waals surface area contributed by atoms with Crippen LogP contribution in [-0.4, -0.2) is 9.55 Å². The number of pyridine rings is 1. The van der Waals surface area contributed by atoms with Gasteiger partial charge in [-0.15, -0.1) is 48.1 Å². The second-order valence-electron chi connectivity index (χ2n) is 21.1. The number of anilines is 4. The Morgan fingerprint density at radius 1 is 0.471 bits per heavy atom. The molecule has 1 aliphatic heterocycles. The Labute approximate surface area is 417 Å². The summed E-state index contributed by atoms with van der Waals surface area (Å²) in [5.74, 6) is 2.04. The molecule has 0 atom stereocenters. The van der Waals surface area contributed by atoms with Crippen molar-refractivity contribution >= 4 is 44.6 Å². The normalized spacial score (nSPS) is 13.2. The van der Waals surface area contributed by atoms with E-state index in [1.54, 1.807) is 0 Å². The van der Waals surface area contributed by atoms with Crippen molar-refractivity contribution < 1.29 is 25.8 Å². The molecule has 9 aromatic rings. The van der Waals surface area contributed by atoms with E-state index in [0.717, 1.165) is 50.4 Å². The van der Waals surface area contributed by atoms with Crippen LogP contribution in [0.15, 0.2) is 170 Å². The third-order valence-corrected chi connectivity index (χ3v) is 13.9. The van der Waals surface area contributed by atoms with Crippen molar-refractivity contribution in [2.75, 3.05) is 9.80 Å². The van der Waals surface area contributed by atoms with Gasteiger partial charge in [0.1, 0.15) is 5.82 Å². The van der Waals surface area contributed by atoms with Crippen LogP contribution in [0.5, 0.6) is 11.5 Å². The topological polar surface area (TPSA) is 33.5 Å². The van der Waals surface area contributed by atoms with Crippen LogP contribution in [0.3, 0.4) is 0 Å². The van der Waals surface area contributed by atoms with E-state index in [1.807, 2.05) is 24.4 Å². The molecule has 0 amide bonds. The van der Waals surface area contributed by atoms with Crippen LogP contribution in [-0.2, 0) is 42.7 Å². The molecule has 1 aliphatic rings. The molecule has 68 heavy (non-hydrogen) atoms. The van der Waals surface area contributed by atoms with Crippen molar-refractivity contribution in [2.24, 2.45) is 0 Å². The van der Waals surface area contributed by atoms with Crippen molar-refractivity contribution in [1.82, 2.24) is 9.55 Å². The molecule has 2 aromatic heterocycles. The van der Waals surface area contributed by atoms with Gasteiger partial charge in [0.25, 0.3) is 0 Å². The molecule has 10 rings (SSSR count). The molecule has 0 radical (unpaired) electrons. The fourth-order valence-electron chi connectivity index (χ4n) is 9.48. The number of hydrogen-bond donors (Lipinski definition) is 0. The summed E-state index contributed by atoms with van der Waals surface area (Å²) in [6.07, 6.45) is 1.92. The maximum absolute atomic E-state index is 6.75. The zero-order chi connectivity index (χ0) is 46.9. The monoisotopic (exact) mass is 1070 g/mol. The fraction of sp³-hybridized carbons (Fsp3) is 0.226. The van der Waals surface area contributed by atoms with Gasteiger partial charge in [-0.1, -0.05) is 166 Å². The van der Waals surface area contributed by atoms with Crippen molar-refractivity contribution in [2.45, 2.75) is 90.9 Å². The Bertz CT molecular complexity index is 3280. The molecule has 0 bridgehead atoms. The molecule has 0 saturated heterocycles. The standard InChI is InChI=1S/C62H59N4O.Pt/c1-59(2,3)44-23-17-24-48(35-44)65-41-64(54-32-28-47(37-57(54)65)62(9,10)43-21-15-12-16-22-43)49-25-18-26-50(39-49)67-51-29-31-53-52-30-27-46(61(7,8)42-19-13-11-14-20-42)36-55(52)66(56(53)40-51)58-38-45(33-34-63-58)60(4,5)6;/h11-38,41H,1-10H3;/q-3;. The van der Waals surface area contributed by atoms with Crippen molar-refractivity contribution in [3.63, 3.8) is 0 Å². The Kier molecular flexibility index (Phi) is 12.1. The van der Waals surface area contributed by atoms with Crippen LogP contribution in [0, 0.1) is 18.8 Å². The molecule has 0 fully saturated rings. The predicted octanol–water partition coefficient (Wildman–Crippen LogP) is 16.2. The summed E-state index contributed by atoms with van der Waals surface area (Å²) in [5, 5.41) is 2.22. The van der Waals surface area contributed by atoms with Crippen LogP contribution < -0.4 is 14.5 Å². The van der Waals surface area contributed by atoms with E-state index in [2.05, 4.69) is 248 Å². The van der Waals surface area contributed by atoms with Crippen LogP contribution >= 0.6 is 0 Å². The summed E-state index contributed by atoms with van der Waals surface area (Å²) >= 11 is 0. The van der Waals surface area contributed by atoms with E-state index >= 15 is 0 Å². The van der Waals surface area contributed by atoms with E-state index < -0.39 is 0 Å². The van der Waals surface area contributed by atoms with Gasteiger partial charge in [-0.2, -0.15) is 12.1 Å². The number of ether oxygens (including phenoxy) is 1. The number of hydrogen-bond acceptors (Lipinski definition) is 4. The zero-order valence-electron chi connectivity index (χ0n) is 40.8. The molecular formula is C62H59N4OPt-3. The summed E-state index contributed by atoms with van der Waals surface area (Å²) in [7, 11) is 0. The van der Waals surface area contributed by atoms with Crippen molar-refractivity contribution in [3.8, 4) is 17.3 Å². The molecular weight excluding hydrogens is 1010 g/mol. The van der Waals surface area contributed by atoms with E-state index in [4.69, 9.17) is 9.72 Å². The molecule has 0 N–H and O–H groups in total. The van der Waals surface area contributed by atoms with E-state index in [0.29, 0.717) is 11.5 Å². The smallest absolute Gasteiger partial charge is 0.135 e. The first-order valence-corrected chi connectivity index (χ1v) is 23.4. The van der Waals surface area contributed by atoms with Gasteiger partial charge >= 0.3 is 0 Å².